The molecule has 1 aromatic heterocycles. The number of halogens is 3. The monoisotopic (exact) mass is 242 g/mol. The van der Waals surface area contributed by atoms with Gasteiger partial charge in [0.1, 0.15) is 0 Å². The molecule has 7 heteroatoms. The van der Waals surface area contributed by atoms with E-state index >= 15 is 0 Å². The van der Waals surface area contributed by atoms with Crippen molar-refractivity contribution in [2.75, 3.05) is 12.1 Å². The summed E-state index contributed by atoms with van der Waals surface area (Å²) >= 11 is 0. The van der Waals surface area contributed by atoms with E-state index in [1.807, 2.05) is 0 Å². The topological polar surface area (TPSA) is 55.0 Å². The summed E-state index contributed by atoms with van der Waals surface area (Å²) in [5, 5.41) is 1.52. The first-order chi connectivity index (χ1) is 7.89. The van der Waals surface area contributed by atoms with Crippen molar-refractivity contribution in [3.8, 4) is 0 Å². The van der Waals surface area contributed by atoms with Crippen molar-refractivity contribution < 1.29 is 13.2 Å². The summed E-state index contributed by atoms with van der Waals surface area (Å²) in [4.78, 5) is 6.91. The maximum absolute atomic E-state index is 12.6. The number of alkyl halides is 3. The Morgan fingerprint density at radius 1 is 1.18 bits per heavy atom. The molecule has 0 aliphatic carbocycles. The van der Waals surface area contributed by atoms with E-state index < -0.39 is 12.0 Å². The maximum atomic E-state index is 12.6. The van der Waals surface area contributed by atoms with Crippen molar-refractivity contribution in [1.29, 1.82) is 0 Å². The van der Waals surface area contributed by atoms with Crippen LogP contribution in [-0.4, -0.2) is 17.0 Å². The van der Waals surface area contributed by atoms with Gasteiger partial charge in [-0.1, -0.05) is 12.1 Å². The van der Waals surface area contributed by atoms with Crippen molar-refractivity contribution in [3.63, 3.8) is 0 Å². The van der Waals surface area contributed by atoms with Gasteiger partial charge in [0.25, 0.3) is 0 Å². The van der Waals surface area contributed by atoms with Crippen LogP contribution in [0.4, 0.5) is 19.0 Å². The second kappa shape index (κ2) is 3.85. The molecule has 0 aliphatic rings. The number of nitrogens with two attached hydrogens (primary N) is 1. The summed E-state index contributed by atoms with van der Waals surface area (Å²) in [6.45, 7) is 0. The van der Waals surface area contributed by atoms with E-state index in [1.165, 1.54) is 13.1 Å². The Kier molecular flexibility index (Phi) is 2.62. The molecule has 1 heterocycles. The number of para-hydroxylation sites is 1. The van der Waals surface area contributed by atoms with E-state index in [1.54, 1.807) is 18.2 Å². The molecular formula is C10H9F3N4. The fourth-order valence-corrected chi connectivity index (χ4v) is 1.46. The minimum absolute atomic E-state index is 0.0444. The van der Waals surface area contributed by atoms with Gasteiger partial charge in [-0.05, 0) is 12.1 Å². The summed E-state index contributed by atoms with van der Waals surface area (Å²) in [5.74, 6) is 4.32. The Hall–Kier alpha value is -1.89. The number of hydrogen-bond acceptors (Lipinski definition) is 4. The Labute approximate surface area is 94.8 Å². The second-order valence-electron chi connectivity index (χ2n) is 3.50. The highest BCUT2D eigenvalue weighted by atomic mass is 19.4. The van der Waals surface area contributed by atoms with Gasteiger partial charge in [0.2, 0.25) is 5.82 Å². The van der Waals surface area contributed by atoms with E-state index in [9.17, 15) is 13.2 Å². The van der Waals surface area contributed by atoms with Crippen LogP contribution in [0.2, 0.25) is 0 Å². The van der Waals surface area contributed by atoms with Crippen molar-refractivity contribution in [2.45, 2.75) is 6.18 Å². The summed E-state index contributed by atoms with van der Waals surface area (Å²) < 4.78 is 37.7. The minimum atomic E-state index is -4.59. The van der Waals surface area contributed by atoms with Gasteiger partial charge >= 0.3 is 6.18 Å². The molecule has 0 saturated heterocycles. The highest BCUT2D eigenvalue weighted by Gasteiger charge is 2.35. The third-order valence-electron chi connectivity index (χ3n) is 2.17. The van der Waals surface area contributed by atoms with Crippen LogP contribution in [-0.2, 0) is 6.18 Å². The molecular weight excluding hydrogens is 233 g/mol. The fourth-order valence-electron chi connectivity index (χ4n) is 1.46. The lowest BCUT2D eigenvalue weighted by Crippen LogP contribution is -2.27. The molecule has 2 aromatic rings. The van der Waals surface area contributed by atoms with Crippen LogP contribution in [0.1, 0.15) is 5.82 Å². The number of hydrazine groups is 1. The molecule has 2 N–H and O–H groups in total. The molecule has 0 fully saturated rings. The Balaban J connectivity index is 2.76. The van der Waals surface area contributed by atoms with Crippen LogP contribution in [0.25, 0.3) is 10.9 Å². The first kappa shape index (κ1) is 11.6. The molecule has 17 heavy (non-hydrogen) atoms. The molecule has 0 aliphatic heterocycles. The largest absolute Gasteiger partial charge is 0.451 e. The standard InChI is InChI=1S/C10H9F3N4/c1-17(14)8-6-4-2-3-5-7(6)15-9(16-8)10(11,12)13/h2-5H,14H2,1H3. The molecule has 1 aromatic carbocycles. The number of aromatic nitrogens is 2. The van der Waals surface area contributed by atoms with Crippen LogP contribution >= 0.6 is 0 Å². The SMILES string of the molecule is CN(N)c1nc(C(F)(F)F)nc2ccccc12. The van der Waals surface area contributed by atoms with E-state index in [2.05, 4.69) is 9.97 Å². The lowest BCUT2D eigenvalue weighted by molar-refractivity contribution is -0.144. The number of nitrogens with zero attached hydrogens (tertiary/aromatic N) is 3. The lowest BCUT2D eigenvalue weighted by Gasteiger charge is -2.15. The third-order valence-corrected chi connectivity index (χ3v) is 2.17. The number of fused-ring (bicyclic) bond motifs is 1. The van der Waals surface area contributed by atoms with E-state index in [0.717, 1.165) is 5.01 Å². The normalized spacial score (nSPS) is 11.8. The van der Waals surface area contributed by atoms with E-state index in [-0.39, 0.29) is 11.3 Å². The number of rotatable bonds is 1. The summed E-state index contributed by atoms with van der Waals surface area (Å²) in [5.41, 5.74) is 0.210. The predicted octanol–water partition coefficient (Wildman–Crippen LogP) is 1.96. The van der Waals surface area contributed by atoms with Crippen molar-refractivity contribution in [2.24, 2.45) is 5.84 Å². The zero-order valence-corrected chi connectivity index (χ0v) is 8.86. The molecule has 2 rings (SSSR count). The van der Waals surface area contributed by atoms with Gasteiger partial charge in [-0.15, -0.1) is 0 Å². The zero-order chi connectivity index (χ0) is 12.6. The van der Waals surface area contributed by atoms with Gasteiger partial charge in [0, 0.05) is 12.4 Å². The minimum Gasteiger partial charge on any atom is -0.297 e. The first-order valence-electron chi connectivity index (χ1n) is 4.72. The highest BCUT2D eigenvalue weighted by Crippen LogP contribution is 2.30. The fraction of sp³-hybridized carbons (Fsp3) is 0.200. The highest BCUT2D eigenvalue weighted by molar-refractivity contribution is 5.89. The van der Waals surface area contributed by atoms with Gasteiger partial charge in [-0.3, -0.25) is 5.01 Å². The second-order valence-corrected chi connectivity index (χ2v) is 3.50. The van der Waals surface area contributed by atoms with E-state index in [0.29, 0.717) is 5.39 Å². The lowest BCUT2D eigenvalue weighted by atomic mass is 10.2. The number of benzene rings is 1. The molecule has 0 saturated carbocycles. The summed E-state index contributed by atoms with van der Waals surface area (Å²) in [6, 6.07) is 6.40. The molecule has 90 valence electrons. The van der Waals surface area contributed by atoms with Crippen molar-refractivity contribution >= 4 is 16.7 Å². The predicted molar refractivity (Wildman–Crippen MR) is 57.1 cm³/mol. The van der Waals surface area contributed by atoms with E-state index in [4.69, 9.17) is 5.84 Å². The molecule has 0 bridgehead atoms. The summed E-state index contributed by atoms with van der Waals surface area (Å²) in [7, 11) is 1.43. The van der Waals surface area contributed by atoms with Gasteiger partial charge in [-0.25, -0.2) is 15.8 Å². The van der Waals surface area contributed by atoms with Gasteiger partial charge in [0.05, 0.1) is 5.52 Å². The smallest absolute Gasteiger partial charge is 0.297 e. The molecule has 0 radical (unpaired) electrons. The van der Waals surface area contributed by atoms with Crippen LogP contribution in [0.5, 0.6) is 0 Å². The zero-order valence-electron chi connectivity index (χ0n) is 8.86. The number of anilines is 1. The first-order valence-corrected chi connectivity index (χ1v) is 4.72. The van der Waals surface area contributed by atoms with Gasteiger partial charge < -0.3 is 0 Å². The van der Waals surface area contributed by atoms with Crippen LogP contribution in [0, 0.1) is 0 Å². The average molecular weight is 242 g/mol. The summed E-state index contributed by atoms with van der Waals surface area (Å²) in [6.07, 6.45) is -4.59. The average Bonchev–Trinajstić information content (AvgIpc) is 2.26. The molecule has 0 spiro atoms. The van der Waals surface area contributed by atoms with Crippen LogP contribution < -0.4 is 10.9 Å². The Bertz CT molecular complexity index is 551. The molecule has 4 nitrogen and oxygen atoms in total. The Morgan fingerprint density at radius 2 is 1.82 bits per heavy atom. The quantitative estimate of drug-likeness (QED) is 0.613. The maximum Gasteiger partial charge on any atom is 0.451 e. The Morgan fingerprint density at radius 3 is 2.41 bits per heavy atom. The molecule has 0 atom stereocenters. The number of hydrogen-bond donors (Lipinski definition) is 1. The van der Waals surface area contributed by atoms with Gasteiger partial charge in [0.15, 0.2) is 5.82 Å². The molecule has 0 amide bonds. The van der Waals surface area contributed by atoms with Gasteiger partial charge in [-0.2, -0.15) is 13.2 Å². The van der Waals surface area contributed by atoms with Crippen LogP contribution in [0.3, 0.4) is 0 Å². The van der Waals surface area contributed by atoms with Crippen LogP contribution in [0.15, 0.2) is 24.3 Å². The van der Waals surface area contributed by atoms with Crippen molar-refractivity contribution in [1.82, 2.24) is 9.97 Å². The van der Waals surface area contributed by atoms with Crippen molar-refractivity contribution in [3.05, 3.63) is 30.1 Å². The molecule has 0 unspecified atom stereocenters. The third kappa shape index (κ3) is 2.14.